The lowest BCUT2D eigenvalue weighted by molar-refractivity contribution is 0.490. The number of para-hydroxylation sites is 1. The molecule has 0 unspecified atom stereocenters. The molecule has 9 aromatic rings. The molecule has 0 radical (unpaired) electrons. The molecule has 0 fully saturated rings. The van der Waals surface area contributed by atoms with Crippen LogP contribution in [-0.4, -0.2) is 0 Å². The van der Waals surface area contributed by atoms with E-state index in [9.17, 15) is 0 Å². The van der Waals surface area contributed by atoms with Crippen molar-refractivity contribution in [3.8, 4) is 22.3 Å². The van der Waals surface area contributed by atoms with Crippen LogP contribution in [0.2, 0.25) is 0 Å². The second-order valence-electron chi connectivity index (χ2n) is 15.3. The predicted octanol–water partition coefficient (Wildman–Crippen LogP) is 11.6. The molecule has 1 aliphatic rings. The van der Waals surface area contributed by atoms with E-state index in [4.69, 9.17) is 4.42 Å². The highest BCUT2D eigenvalue weighted by atomic mass is 31.2. The molecule has 0 atom stereocenters. The zero-order chi connectivity index (χ0) is 39.5. The van der Waals surface area contributed by atoms with Crippen molar-refractivity contribution in [2.24, 2.45) is 0 Å². The molecule has 0 amide bonds. The number of hydrogen-bond acceptors (Lipinski definition) is 3. The van der Waals surface area contributed by atoms with Crippen molar-refractivity contribution in [1.29, 1.82) is 0 Å². The predicted molar refractivity (Wildman–Crippen MR) is 245 cm³/mol. The lowest BCUT2D eigenvalue weighted by atomic mass is 9.73. The van der Waals surface area contributed by atoms with Gasteiger partial charge in [-0.25, -0.2) is 0 Å². The average molecular weight is 789 g/mol. The van der Waals surface area contributed by atoms with Crippen LogP contribution in [0.25, 0.3) is 44.2 Å². The largest absolute Gasteiger partial charge is 0.454 e. The van der Waals surface area contributed by atoms with Crippen molar-refractivity contribution in [3.05, 3.63) is 205 Å². The van der Waals surface area contributed by atoms with Crippen LogP contribution in [0.4, 0.5) is 0 Å². The van der Waals surface area contributed by atoms with E-state index in [0.29, 0.717) is 21.8 Å². The fraction of sp³-hybridized carbons (Fsp3) is 0.0943. The summed E-state index contributed by atoms with van der Waals surface area (Å²) < 4.78 is 39.5. The van der Waals surface area contributed by atoms with Crippen LogP contribution in [0.1, 0.15) is 37.8 Å². The zero-order valence-corrected chi connectivity index (χ0v) is 34.3. The summed E-state index contributed by atoms with van der Waals surface area (Å²) in [6.45, 7) is 4.59. The molecule has 0 saturated heterocycles. The third-order valence-electron chi connectivity index (χ3n) is 12.5. The quantitative estimate of drug-likeness (QED) is 0.137. The topological polar surface area (TPSA) is 47.3 Å². The second-order valence-corrected chi connectivity index (χ2v) is 20.8. The molecule has 0 bridgehead atoms. The maximum Gasteiger partial charge on any atom is 0.174 e. The van der Waals surface area contributed by atoms with Crippen molar-refractivity contribution in [1.82, 2.24) is 0 Å². The van der Waals surface area contributed by atoms with Gasteiger partial charge in [-0.05, 0) is 70.5 Å². The molecule has 0 saturated carbocycles. The summed E-state index contributed by atoms with van der Waals surface area (Å²) in [4.78, 5) is 0. The second kappa shape index (κ2) is 14.1. The first-order chi connectivity index (χ1) is 28.4. The number of benzene rings is 8. The smallest absolute Gasteiger partial charge is 0.174 e. The number of fused-ring (bicyclic) bond motifs is 6. The van der Waals surface area contributed by atoms with E-state index < -0.39 is 14.3 Å². The first-order valence-corrected chi connectivity index (χ1v) is 23.5. The molecule has 1 aromatic heterocycles. The van der Waals surface area contributed by atoms with Gasteiger partial charge in [0, 0.05) is 37.4 Å². The highest BCUT2D eigenvalue weighted by molar-refractivity contribution is 7.86. The van der Waals surface area contributed by atoms with E-state index in [2.05, 4.69) is 68.4 Å². The minimum atomic E-state index is -3.56. The van der Waals surface area contributed by atoms with Crippen LogP contribution in [0, 0.1) is 0 Å². The first kappa shape index (κ1) is 36.4. The molecule has 5 heteroatoms. The van der Waals surface area contributed by atoms with E-state index in [1.807, 2.05) is 140 Å². The third kappa shape index (κ3) is 5.34. The van der Waals surface area contributed by atoms with Crippen LogP contribution < -0.4 is 31.8 Å². The van der Waals surface area contributed by atoms with Gasteiger partial charge in [0.15, 0.2) is 14.3 Å². The van der Waals surface area contributed by atoms with Crippen LogP contribution in [-0.2, 0) is 14.5 Å². The van der Waals surface area contributed by atoms with Gasteiger partial charge in [-0.3, -0.25) is 0 Å². The van der Waals surface area contributed by atoms with Crippen molar-refractivity contribution in [3.63, 3.8) is 0 Å². The Hall–Kier alpha value is -5.98. The van der Waals surface area contributed by atoms with Gasteiger partial charge in [-0.2, -0.15) is 0 Å². The van der Waals surface area contributed by atoms with Gasteiger partial charge in [0.05, 0.1) is 10.6 Å². The molecular formula is C53H42O3P2. The first-order valence-electron chi connectivity index (χ1n) is 20.1. The minimum absolute atomic E-state index is 0.106. The molecule has 1 heterocycles. The molecule has 0 aliphatic heterocycles. The van der Waals surface area contributed by atoms with E-state index >= 15 is 9.13 Å². The zero-order valence-electron chi connectivity index (χ0n) is 32.5. The molecule has 0 spiro atoms. The van der Waals surface area contributed by atoms with Crippen molar-refractivity contribution < 1.29 is 13.5 Å². The van der Waals surface area contributed by atoms with Crippen molar-refractivity contribution in [2.75, 3.05) is 0 Å². The van der Waals surface area contributed by atoms with Crippen molar-refractivity contribution in [2.45, 2.75) is 32.1 Å². The molecule has 1 aliphatic carbocycles. The van der Waals surface area contributed by atoms with Crippen LogP contribution >= 0.6 is 14.3 Å². The van der Waals surface area contributed by atoms with Gasteiger partial charge in [0.2, 0.25) is 0 Å². The summed E-state index contributed by atoms with van der Waals surface area (Å²) in [6, 6.07) is 64.9. The van der Waals surface area contributed by atoms with Gasteiger partial charge in [0.1, 0.15) is 11.2 Å². The molecule has 10 rings (SSSR count). The number of hydrogen-bond donors (Lipinski definition) is 0. The molecule has 3 nitrogen and oxygen atoms in total. The summed E-state index contributed by atoms with van der Waals surface area (Å²) in [7, 11) is -7.00. The summed E-state index contributed by atoms with van der Waals surface area (Å²) in [6.07, 6.45) is 1.97. The van der Waals surface area contributed by atoms with Gasteiger partial charge >= 0.3 is 0 Å². The maximum absolute atomic E-state index is 16.4. The summed E-state index contributed by atoms with van der Waals surface area (Å²) in [5.41, 5.74) is 8.28. The highest BCUT2D eigenvalue weighted by Crippen LogP contribution is 2.54. The lowest BCUT2D eigenvalue weighted by Crippen LogP contribution is -2.25. The summed E-state index contributed by atoms with van der Waals surface area (Å²) in [5, 5.41) is 5.80. The Labute approximate surface area is 339 Å². The van der Waals surface area contributed by atoms with E-state index in [1.54, 1.807) is 0 Å². The Morgan fingerprint density at radius 3 is 1.45 bits per heavy atom. The van der Waals surface area contributed by atoms with Gasteiger partial charge in [-0.1, -0.05) is 184 Å². The molecule has 0 N–H and O–H groups in total. The molecular weight excluding hydrogens is 747 g/mol. The van der Waals surface area contributed by atoms with Crippen molar-refractivity contribution >= 4 is 68.0 Å². The fourth-order valence-corrected chi connectivity index (χ4v) is 15.2. The van der Waals surface area contributed by atoms with E-state index in [1.165, 1.54) is 22.3 Å². The normalized spacial score (nSPS) is 13.4. The number of furan rings is 1. The summed E-state index contributed by atoms with van der Waals surface area (Å²) >= 11 is 0. The Kier molecular flexibility index (Phi) is 8.86. The fourth-order valence-electron chi connectivity index (χ4n) is 9.57. The highest BCUT2D eigenvalue weighted by Gasteiger charge is 2.41. The Bertz CT molecular complexity index is 2990. The summed E-state index contributed by atoms with van der Waals surface area (Å²) in [5.74, 6) is 0. The lowest BCUT2D eigenvalue weighted by Gasteiger charge is -2.30. The Balaban J connectivity index is 1.31. The van der Waals surface area contributed by atoms with E-state index in [0.717, 1.165) is 56.0 Å². The van der Waals surface area contributed by atoms with Crippen LogP contribution in [0.5, 0.6) is 0 Å². The third-order valence-corrected chi connectivity index (χ3v) is 18.7. The van der Waals surface area contributed by atoms with Gasteiger partial charge < -0.3 is 13.5 Å². The maximum atomic E-state index is 16.4. The molecule has 58 heavy (non-hydrogen) atoms. The monoisotopic (exact) mass is 788 g/mol. The minimum Gasteiger partial charge on any atom is -0.454 e. The van der Waals surface area contributed by atoms with E-state index in [-0.39, 0.29) is 5.41 Å². The van der Waals surface area contributed by atoms with Crippen LogP contribution in [0.15, 0.2) is 199 Å². The Morgan fingerprint density at radius 1 is 0.414 bits per heavy atom. The van der Waals surface area contributed by atoms with Crippen LogP contribution in [0.3, 0.4) is 0 Å². The standard InChI is InChI=1S/C53H42O3P2/c1-3-53(4-2)47-30-18-17-28-43(47)44-33-32-37(35-48(44)53)38-34-46-45-29-19-31-49(57(54,39-20-9-5-10-21-39)40-22-11-6-12-23-40)51(45)56-52(46)50(36-38)58(55,41-24-13-7-14-25-41)42-26-15-8-16-27-42/h5-36H,3-4H2,1-2H3. The average Bonchev–Trinajstić information content (AvgIpc) is 3.82. The van der Waals surface area contributed by atoms with Gasteiger partial charge in [0.25, 0.3) is 0 Å². The molecule has 282 valence electrons. The number of rotatable bonds is 9. The molecule has 8 aromatic carbocycles. The Morgan fingerprint density at radius 2 is 0.897 bits per heavy atom. The SMILES string of the molecule is CCC1(CC)c2ccccc2-c2ccc(-c3cc(P(=O)(c4ccccc4)c4ccccc4)c4oc5c(P(=O)(c6ccccc6)c6ccccc6)cccc5c4c3)cc21. The van der Waals surface area contributed by atoms with Gasteiger partial charge in [-0.15, -0.1) is 0 Å².